The number of benzene rings is 2. The van der Waals surface area contributed by atoms with Crippen LogP contribution >= 0.6 is 11.3 Å². The van der Waals surface area contributed by atoms with Crippen molar-refractivity contribution in [2.75, 3.05) is 5.32 Å². The lowest BCUT2D eigenvalue weighted by Crippen LogP contribution is -2.29. The second kappa shape index (κ2) is 8.18. The predicted octanol–water partition coefficient (Wildman–Crippen LogP) is 4.09. The van der Waals surface area contributed by atoms with Crippen molar-refractivity contribution in [1.82, 2.24) is 4.98 Å². The van der Waals surface area contributed by atoms with Crippen LogP contribution in [0.1, 0.15) is 12.6 Å². The van der Waals surface area contributed by atoms with Gasteiger partial charge < -0.3 is 5.32 Å². The van der Waals surface area contributed by atoms with Crippen LogP contribution in [0.25, 0.3) is 10.6 Å². The third-order valence-corrected chi connectivity index (χ3v) is 6.19. The maximum atomic E-state index is 12.5. The smallest absolute Gasteiger partial charge is 0.239 e. The van der Waals surface area contributed by atoms with E-state index in [2.05, 4.69) is 10.3 Å². The standard InChI is InChI=1S/C19H18N2O2S2/c1-14(18(22)20-16-10-6-3-7-11-16)25(23)13-17-12-24-19(21-17)15-8-4-2-5-9-15/h2-12,14H,13H2,1H3,(H,20,22)/t14-,25-/m1/s1. The molecule has 4 nitrogen and oxygen atoms in total. The van der Waals surface area contributed by atoms with Gasteiger partial charge in [-0.05, 0) is 19.1 Å². The molecule has 1 heterocycles. The van der Waals surface area contributed by atoms with Gasteiger partial charge in [0.15, 0.2) is 0 Å². The molecule has 3 rings (SSSR count). The summed E-state index contributed by atoms with van der Waals surface area (Å²) in [6, 6.07) is 19.1. The SMILES string of the molecule is C[C@H](C(=O)Nc1ccccc1)[S@](=O)Cc1csc(-c2ccccc2)n1. The van der Waals surface area contributed by atoms with Crippen molar-refractivity contribution < 1.29 is 9.00 Å². The van der Waals surface area contributed by atoms with Crippen LogP contribution in [-0.2, 0) is 21.3 Å². The third-order valence-electron chi connectivity index (χ3n) is 3.67. The lowest BCUT2D eigenvalue weighted by molar-refractivity contribution is -0.115. The summed E-state index contributed by atoms with van der Waals surface area (Å²) in [4.78, 5) is 16.8. The fourth-order valence-corrected chi connectivity index (χ4v) is 4.16. The largest absolute Gasteiger partial charge is 0.325 e. The molecule has 0 aliphatic heterocycles. The van der Waals surface area contributed by atoms with Gasteiger partial charge in [-0.25, -0.2) is 4.98 Å². The zero-order chi connectivity index (χ0) is 17.6. The highest BCUT2D eigenvalue weighted by Crippen LogP contribution is 2.24. The van der Waals surface area contributed by atoms with Crippen LogP contribution in [0.5, 0.6) is 0 Å². The molecule has 6 heteroatoms. The summed E-state index contributed by atoms with van der Waals surface area (Å²) in [5.74, 6) is 0.0234. The van der Waals surface area contributed by atoms with Crippen LogP contribution in [0, 0.1) is 0 Å². The molecule has 0 spiro atoms. The lowest BCUT2D eigenvalue weighted by Gasteiger charge is -2.11. The molecule has 0 radical (unpaired) electrons. The number of para-hydroxylation sites is 1. The summed E-state index contributed by atoms with van der Waals surface area (Å²) in [6.07, 6.45) is 0. The van der Waals surface area contributed by atoms with Crippen LogP contribution in [-0.4, -0.2) is 20.3 Å². The van der Waals surface area contributed by atoms with E-state index < -0.39 is 16.0 Å². The summed E-state index contributed by atoms with van der Waals surface area (Å²) < 4.78 is 12.5. The van der Waals surface area contributed by atoms with Crippen LogP contribution in [0.2, 0.25) is 0 Å². The van der Waals surface area contributed by atoms with E-state index in [1.54, 1.807) is 19.1 Å². The minimum absolute atomic E-state index is 0.247. The van der Waals surface area contributed by atoms with Gasteiger partial charge in [-0.3, -0.25) is 9.00 Å². The summed E-state index contributed by atoms with van der Waals surface area (Å²) >= 11 is 1.52. The highest BCUT2D eigenvalue weighted by molar-refractivity contribution is 7.85. The molecule has 3 aromatic rings. The molecule has 0 saturated carbocycles. The average molecular weight is 370 g/mol. The number of carbonyl (C=O) groups is 1. The Kier molecular flexibility index (Phi) is 5.73. The first kappa shape index (κ1) is 17.5. The topological polar surface area (TPSA) is 59.1 Å². The van der Waals surface area contributed by atoms with E-state index in [-0.39, 0.29) is 11.7 Å². The Balaban J connectivity index is 1.62. The van der Waals surface area contributed by atoms with E-state index in [0.717, 1.165) is 16.3 Å². The van der Waals surface area contributed by atoms with Gasteiger partial charge in [-0.2, -0.15) is 0 Å². The van der Waals surface area contributed by atoms with Crippen LogP contribution in [0.15, 0.2) is 66.0 Å². The highest BCUT2D eigenvalue weighted by Gasteiger charge is 2.21. The van der Waals surface area contributed by atoms with E-state index >= 15 is 0 Å². The molecule has 0 saturated heterocycles. The molecular weight excluding hydrogens is 352 g/mol. The molecule has 25 heavy (non-hydrogen) atoms. The Hall–Kier alpha value is -2.31. The minimum atomic E-state index is -1.33. The summed E-state index contributed by atoms with van der Waals surface area (Å²) in [5.41, 5.74) is 2.50. The zero-order valence-corrected chi connectivity index (χ0v) is 15.3. The fourth-order valence-electron chi connectivity index (χ4n) is 2.24. The second-order valence-electron chi connectivity index (χ2n) is 5.53. The molecule has 0 fully saturated rings. The molecule has 2 aromatic carbocycles. The quantitative estimate of drug-likeness (QED) is 0.711. The maximum absolute atomic E-state index is 12.5. The van der Waals surface area contributed by atoms with Crippen molar-refractivity contribution >= 4 is 33.7 Å². The number of amides is 1. The van der Waals surface area contributed by atoms with Crippen molar-refractivity contribution in [1.29, 1.82) is 0 Å². The molecule has 0 bridgehead atoms. The lowest BCUT2D eigenvalue weighted by atomic mass is 10.2. The number of rotatable bonds is 6. The fraction of sp³-hybridized carbons (Fsp3) is 0.158. The van der Waals surface area contributed by atoms with Gasteiger partial charge in [-0.1, -0.05) is 48.5 Å². The molecule has 1 aromatic heterocycles. The molecule has 128 valence electrons. The van der Waals surface area contributed by atoms with Crippen LogP contribution in [0.3, 0.4) is 0 Å². The van der Waals surface area contributed by atoms with Crippen molar-refractivity contribution in [2.45, 2.75) is 17.9 Å². The summed E-state index contributed by atoms with van der Waals surface area (Å²) in [7, 11) is -1.33. The Morgan fingerprint density at radius 1 is 1.12 bits per heavy atom. The highest BCUT2D eigenvalue weighted by atomic mass is 32.2. The van der Waals surface area contributed by atoms with Gasteiger partial charge in [0, 0.05) is 27.4 Å². The van der Waals surface area contributed by atoms with E-state index in [0.29, 0.717) is 5.69 Å². The van der Waals surface area contributed by atoms with Gasteiger partial charge in [-0.15, -0.1) is 11.3 Å². The third kappa shape index (κ3) is 4.61. The van der Waals surface area contributed by atoms with E-state index in [1.165, 1.54) is 11.3 Å². The van der Waals surface area contributed by atoms with Gasteiger partial charge >= 0.3 is 0 Å². The molecule has 2 atom stereocenters. The summed E-state index contributed by atoms with van der Waals surface area (Å²) in [6.45, 7) is 1.68. The normalized spacial score (nSPS) is 13.2. The zero-order valence-electron chi connectivity index (χ0n) is 13.7. The van der Waals surface area contributed by atoms with Crippen molar-refractivity contribution in [3.63, 3.8) is 0 Å². The molecule has 0 unspecified atom stereocenters. The first-order chi connectivity index (χ1) is 12.1. The number of aromatic nitrogens is 1. The Morgan fingerprint density at radius 3 is 2.44 bits per heavy atom. The molecule has 1 N–H and O–H groups in total. The number of nitrogens with zero attached hydrogens (tertiary/aromatic N) is 1. The Bertz CT molecular complexity index is 863. The first-order valence-electron chi connectivity index (χ1n) is 7.86. The first-order valence-corrected chi connectivity index (χ1v) is 10.1. The molecule has 1 amide bonds. The Labute approximate surface area is 153 Å². The number of nitrogens with one attached hydrogen (secondary N) is 1. The van der Waals surface area contributed by atoms with E-state index in [4.69, 9.17) is 0 Å². The van der Waals surface area contributed by atoms with Gasteiger partial charge in [0.1, 0.15) is 10.3 Å². The average Bonchev–Trinajstić information content (AvgIpc) is 3.11. The van der Waals surface area contributed by atoms with Gasteiger partial charge in [0.25, 0.3) is 0 Å². The number of hydrogen-bond acceptors (Lipinski definition) is 4. The van der Waals surface area contributed by atoms with Crippen LogP contribution < -0.4 is 5.32 Å². The Morgan fingerprint density at radius 2 is 1.76 bits per heavy atom. The van der Waals surface area contributed by atoms with Crippen molar-refractivity contribution in [3.8, 4) is 10.6 Å². The number of hydrogen-bond donors (Lipinski definition) is 1. The minimum Gasteiger partial charge on any atom is -0.325 e. The molecular formula is C19H18N2O2S2. The molecule has 0 aliphatic rings. The van der Waals surface area contributed by atoms with Gasteiger partial charge in [0.2, 0.25) is 5.91 Å². The van der Waals surface area contributed by atoms with Crippen LogP contribution in [0.4, 0.5) is 5.69 Å². The van der Waals surface area contributed by atoms with Crippen molar-refractivity contribution in [2.24, 2.45) is 0 Å². The van der Waals surface area contributed by atoms with Crippen molar-refractivity contribution in [3.05, 3.63) is 71.7 Å². The maximum Gasteiger partial charge on any atom is 0.239 e. The number of anilines is 1. The molecule has 0 aliphatic carbocycles. The second-order valence-corrected chi connectivity index (χ2v) is 8.15. The summed E-state index contributed by atoms with van der Waals surface area (Å²) in [5, 5.41) is 4.98. The predicted molar refractivity (Wildman–Crippen MR) is 104 cm³/mol. The van der Waals surface area contributed by atoms with E-state index in [1.807, 2.05) is 53.9 Å². The monoisotopic (exact) mass is 370 g/mol. The van der Waals surface area contributed by atoms with Gasteiger partial charge in [0.05, 0.1) is 11.4 Å². The number of thiazole rings is 1. The van der Waals surface area contributed by atoms with E-state index in [9.17, 15) is 9.00 Å². The number of carbonyl (C=O) groups excluding carboxylic acids is 1.